The average Bonchev–Trinajstić information content (AvgIpc) is 2.35. The lowest BCUT2D eigenvalue weighted by Gasteiger charge is -2.27. The Morgan fingerprint density at radius 1 is 1.35 bits per heavy atom. The summed E-state index contributed by atoms with van der Waals surface area (Å²) in [5.41, 5.74) is 0.0271. The highest BCUT2D eigenvalue weighted by molar-refractivity contribution is 6.30. The fourth-order valence-electron chi connectivity index (χ4n) is 1.31. The maximum Gasteiger partial charge on any atom is 0.373 e. The first kappa shape index (κ1) is 15.7. The van der Waals surface area contributed by atoms with Crippen LogP contribution in [0.25, 0.3) is 0 Å². The van der Waals surface area contributed by atoms with Crippen molar-refractivity contribution in [2.24, 2.45) is 0 Å². The van der Waals surface area contributed by atoms with Gasteiger partial charge >= 0.3 is 6.15 Å². The summed E-state index contributed by atoms with van der Waals surface area (Å²) in [5, 5.41) is 19.1. The second kappa shape index (κ2) is 7.92. The summed E-state index contributed by atoms with van der Waals surface area (Å²) in [6, 6.07) is 3.44. The van der Waals surface area contributed by atoms with Gasteiger partial charge in [-0.05, 0) is 18.6 Å². The molecule has 1 rings (SSSR count). The van der Waals surface area contributed by atoms with Gasteiger partial charge in [-0.25, -0.2) is 0 Å². The largest absolute Gasteiger partial charge is 0.395 e. The summed E-state index contributed by atoms with van der Waals surface area (Å²) < 4.78 is 0. The van der Waals surface area contributed by atoms with Crippen LogP contribution in [0.4, 0.5) is 0 Å². The van der Waals surface area contributed by atoms with Crippen molar-refractivity contribution in [3.8, 4) is 0 Å². The molecule has 0 bridgehead atoms. The fourth-order valence-corrected chi connectivity index (χ4v) is 1.42. The minimum atomic E-state index is -0.648. The van der Waals surface area contributed by atoms with Gasteiger partial charge in [0.2, 0.25) is 0 Å². The molecule has 1 aromatic heterocycles. The number of carbonyl (C=O) groups excluding carboxylic acids is 2. The number of aliphatic hydroxyl groups excluding tert-OH is 2. The van der Waals surface area contributed by atoms with Crippen LogP contribution in [-0.4, -0.2) is 34.6 Å². The zero-order valence-electron chi connectivity index (χ0n) is 9.39. The molecule has 0 fully saturated rings. The molecule has 0 aliphatic heterocycles. The lowest BCUT2D eigenvalue weighted by atomic mass is 9.83. The van der Waals surface area contributed by atoms with Crippen molar-refractivity contribution in [3.63, 3.8) is 0 Å². The number of hydrogen-bond acceptors (Lipinski definition) is 5. The van der Waals surface area contributed by atoms with E-state index in [1.807, 2.05) is 6.92 Å². The number of hydrogen-bond donors (Lipinski definition) is 2. The molecule has 6 heteroatoms. The fraction of sp³-hybridized carbons (Fsp3) is 0.455. The maximum atomic E-state index is 9.27. The van der Waals surface area contributed by atoms with Gasteiger partial charge in [0.15, 0.2) is 0 Å². The summed E-state index contributed by atoms with van der Waals surface area (Å²) in [6.45, 7) is 1.67. The van der Waals surface area contributed by atoms with Crippen molar-refractivity contribution >= 4 is 17.8 Å². The molecule has 0 unspecified atom stereocenters. The van der Waals surface area contributed by atoms with E-state index in [9.17, 15) is 10.2 Å². The van der Waals surface area contributed by atoms with E-state index in [0.29, 0.717) is 17.1 Å². The molecule has 0 spiro atoms. The standard InChI is InChI=1S/C10H14ClNO2.CO2/c1-2-10(6-13,7-14)9-4-3-8(11)5-12-9;2-1-3/h3-5,13-14H,2,6-7H2,1H3;. The number of halogens is 1. The maximum absolute atomic E-state index is 9.27. The predicted octanol–water partition coefficient (Wildman–Crippen LogP) is 0.784. The summed E-state index contributed by atoms with van der Waals surface area (Å²) >= 11 is 5.70. The Morgan fingerprint density at radius 3 is 2.18 bits per heavy atom. The Hall–Kier alpha value is -1.26. The molecule has 1 heterocycles. The molecule has 0 aromatic carbocycles. The minimum absolute atomic E-state index is 0.116. The van der Waals surface area contributed by atoms with Gasteiger partial charge in [0, 0.05) is 6.20 Å². The number of aliphatic hydroxyl groups is 2. The van der Waals surface area contributed by atoms with Crippen LogP contribution in [0.3, 0.4) is 0 Å². The predicted molar refractivity (Wildman–Crippen MR) is 60.4 cm³/mol. The molecule has 17 heavy (non-hydrogen) atoms. The molecule has 0 amide bonds. The minimum Gasteiger partial charge on any atom is -0.395 e. The van der Waals surface area contributed by atoms with Crippen molar-refractivity contribution in [2.75, 3.05) is 13.2 Å². The Labute approximate surface area is 104 Å². The van der Waals surface area contributed by atoms with Crippen LogP contribution in [0.5, 0.6) is 0 Å². The molecule has 0 aliphatic rings. The van der Waals surface area contributed by atoms with E-state index < -0.39 is 5.41 Å². The van der Waals surface area contributed by atoms with E-state index in [2.05, 4.69) is 4.98 Å². The zero-order chi connectivity index (χ0) is 13.3. The lowest BCUT2D eigenvalue weighted by Crippen LogP contribution is -2.34. The van der Waals surface area contributed by atoms with Crippen molar-refractivity contribution in [2.45, 2.75) is 18.8 Å². The molecule has 0 saturated carbocycles. The van der Waals surface area contributed by atoms with Crippen LogP contribution in [0.15, 0.2) is 18.3 Å². The summed E-state index contributed by atoms with van der Waals surface area (Å²) in [6.07, 6.45) is 2.40. The number of nitrogens with zero attached hydrogens (tertiary/aromatic N) is 1. The van der Waals surface area contributed by atoms with E-state index in [0.717, 1.165) is 0 Å². The van der Waals surface area contributed by atoms with Gasteiger partial charge in [-0.1, -0.05) is 18.5 Å². The van der Waals surface area contributed by atoms with E-state index in [-0.39, 0.29) is 19.4 Å². The average molecular weight is 260 g/mol. The second-order valence-electron chi connectivity index (χ2n) is 3.40. The first-order valence-electron chi connectivity index (χ1n) is 4.93. The van der Waals surface area contributed by atoms with Gasteiger partial charge in [-0.2, -0.15) is 9.59 Å². The third-order valence-corrected chi connectivity index (χ3v) is 2.78. The highest BCUT2D eigenvalue weighted by Gasteiger charge is 2.30. The Bertz CT molecular complexity index is 348. The van der Waals surface area contributed by atoms with Crippen LogP contribution in [0.2, 0.25) is 5.02 Å². The van der Waals surface area contributed by atoms with Gasteiger partial charge in [-0.15, -0.1) is 0 Å². The molecule has 0 saturated heterocycles. The van der Waals surface area contributed by atoms with Gasteiger partial charge < -0.3 is 10.2 Å². The molecule has 0 aliphatic carbocycles. The van der Waals surface area contributed by atoms with Gasteiger partial charge in [0.1, 0.15) is 0 Å². The van der Waals surface area contributed by atoms with Gasteiger partial charge in [0.25, 0.3) is 0 Å². The third kappa shape index (κ3) is 4.24. The zero-order valence-corrected chi connectivity index (χ0v) is 10.1. The summed E-state index contributed by atoms with van der Waals surface area (Å²) in [7, 11) is 0. The van der Waals surface area contributed by atoms with Crippen LogP contribution in [0.1, 0.15) is 19.0 Å². The number of pyridine rings is 1. The van der Waals surface area contributed by atoms with Crippen LogP contribution in [0, 0.1) is 0 Å². The molecule has 0 radical (unpaired) electrons. The highest BCUT2D eigenvalue weighted by atomic mass is 35.5. The second-order valence-corrected chi connectivity index (χ2v) is 3.83. The van der Waals surface area contributed by atoms with Crippen LogP contribution >= 0.6 is 11.6 Å². The Balaban J connectivity index is 0.000000770. The van der Waals surface area contributed by atoms with Crippen LogP contribution in [-0.2, 0) is 15.0 Å². The molecule has 1 aromatic rings. The van der Waals surface area contributed by atoms with Crippen molar-refractivity contribution in [1.82, 2.24) is 4.98 Å². The normalized spacial score (nSPS) is 10.1. The van der Waals surface area contributed by atoms with Crippen molar-refractivity contribution in [1.29, 1.82) is 0 Å². The van der Waals surface area contributed by atoms with Crippen molar-refractivity contribution < 1.29 is 19.8 Å². The summed E-state index contributed by atoms with van der Waals surface area (Å²) in [4.78, 5) is 20.4. The molecule has 94 valence electrons. The van der Waals surface area contributed by atoms with Crippen molar-refractivity contribution in [3.05, 3.63) is 29.0 Å². The first-order valence-corrected chi connectivity index (χ1v) is 5.31. The SMILES string of the molecule is CCC(CO)(CO)c1ccc(Cl)cn1.O=C=O. The van der Waals surface area contributed by atoms with E-state index in [1.54, 1.807) is 12.1 Å². The third-order valence-electron chi connectivity index (χ3n) is 2.55. The lowest BCUT2D eigenvalue weighted by molar-refractivity contribution is -0.191. The summed E-state index contributed by atoms with van der Waals surface area (Å²) in [5.74, 6) is 0. The number of aromatic nitrogens is 1. The molecule has 0 atom stereocenters. The number of rotatable bonds is 4. The monoisotopic (exact) mass is 259 g/mol. The smallest absolute Gasteiger partial charge is 0.373 e. The highest BCUT2D eigenvalue weighted by Crippen LogP contribution is 2.25. The molecular weight excluding hydrogens is 246 g/mol. The molecular formula is C11H14ClNO4. The molecule has 5 nitrogen and oxygen atoms in total. The Morgan fingerprint density at radius 2 is 1.88 bits per heavy atom. The topological polar surface area (TPSA) is 87.5 Å². The van der Waals surface area contributed by atoms with Gasteiger partial charge in [0.05, 0.1) is 29.3 Å². The molecule has 2 N–H and O–H groups in total. The quantitative estimate of drug-likeness (QED) is 0.834. The van der Waals surface area contributed by atoms with Crippen LogP contribution < -0.4 is 0 Å². The van der Waals surface area contributed by atoms with E-state index in [1.165, 1.54) is 6.20 Å². The van der Waals surface area contributed by atoms with Gasteiger partial charge in [-0.3, -0.25) is 4.98 Å². The Kier molecular flexibility index (Phi) is 7.34. The first-order chi connectivity index (χ1) is 8.10. The van der Waals surface area contributed by atoms with E-state index >= 15 is 0 Å². The van der Waals surface area contributed by atoms with E-state index in [4.69, 9.17) is 21.2 Å².